The summed E-state index contributed by atoms with van der Waals surface area (Å²) in [5, 5.41) is 14.1. The Bertz CT molecular complexity index is 638. The van der Waals surface area contributed by atoms with E-state index in [0.717, 1.165) is 5.56 Å². The number of nitrogens with zero attached hydrogens (tertiary/aromatic N) is 1. The lowest BCUT2D eigenvalue weighted by Crippen LogP contribution is -2.21. The van der Waals surface area contributed by atoms with Crippen LogP contribution in [0.2, 0.25) is 0 Å². The van der Waals surface area contributed by atoms with Crippen LogP contribution in [0.4, 0.5) is 16.2 Å². The number of amides is 2. The molecule has 0 aliphatic heterocycles. The number of benzene rings is 1. The van der Waals surface area contributed by atoms with Gasteiger partial charge in [0.1, 0.15) is 0 Å². The maximum absolute atomic E-state index is 11.8. The van der Waals surface area contributed by atoms with Crippen LogP contribution < -0.4 is 10.6 Å². The first-order valence-electron chi connectivity index (χ1n) is 5.88. The zero-order valence-electron chi connectivity index (χ0n) is 10.8. The molecule has 0 atom stereocenters. The van der Waals surface area contributed by atoms with E-state index in [9.17, 15) is 9.59 Å². The minimum Gasteiger partial charge on any atom is -0.478 e. The van der Waals surface area contributed by atoms with Crippen molar-refractivity contribution in [3.05, 3.63) is 53.9 Å². The first-order chi connectivity index (χ1) is 9.56. The van der Waals surface area contributed by atoms with E-state index in [1.807, 2.05) is 19.1 Å². The largest absolute Gasteiger partial charge is 0.478 e. The maximum Gasteiger partial charge on any atom is 0.337 e. The number of nitrogens with one attached hydrogen (secondary N) is 2. The number of urea groups is 1. The van der Waals surface area contributed by atoms with Crippen LogP contribution in [0.15, 0.2) is 42.7 Å². The van der Waals surface area contributed by atoms with E-state index in [4.69, 9.17) is 5.11 Å². The predicted octanol–water partition coefficient (Wildman–Crippen LogP) is 2.73. The fourth-order valence-electron chi connectivity index (χ4n) is 1.60. The number of carboxylic acids is 1. The molecule has 1 aromatic heterocycles. The number of aromatic carboxylic acids is 1. The first kappa shape index (κ1) is 13.5. The quantitative estimate of drug-likeness (QED) is 0.800. The van der Waals surface area contributed by atoms with E-state index in [-0.39, 0.29) is 11.3 Å². The van der Waals surface area contributed by atoms with Crippen LogP contribution in [0.1, 0.15) is 15.9 Å². The van der Waals surface area contributed by atoms with Crippen molar-refractivity contribution < 1.29 is 14.7 Å². The summed E-state index contributed by atoms with van der Waals surface area (Å²) in [6, 6.07) is 8.05. The van der Waals surface area contributed by atoms with Crippen LogP contribution in [0.5, 0.6) is 0 Å². The van der Waals surface area contributed by atoms with Crippen LogP contribution in [0, 0.1) is 6.92 Å². The van der Waals surface area contributed by atoms with Gasteiger partial charge in [0.2, 0.25) is 0 Å². The molecule has 0 spiro atoms. The number of aromatic nitrogens is 1. The predicted molar refractivity (Wildman–Crippen MR) is 75.0 cm³/mol. The van der Waals surface area contributed by atoms with Crippen LogP contribution in [-0.2, 0) is 0 Å². The van der Waals surface area contributed by atoms with Crippen LogP contribution in [0.3, 0.4) is 0 Å². The summed E-state index contributed by atoms with van der Waals surface area (Å²) in [6.45, 7) is 1.94. The Hall–Kier alpha value is -2.89. The topological polar surface area (TPSA) is 91.3 Å². The number of aryl methyl sites for hydroxylation is 1. The zero-order chi connectivity index (χ0) is 14.5. The molecular formula is C14H13N3O3. The van der Waals surface area contributed by atoms with Crippen molar-refractivity contribution in [3.63, 3.8) is 0 Å². The summed E-state index contributed by atoms with van der Waals surface area (Å²) in [5.74, 6) is -1.13. The number of carboxylic acid groups (broad SMARTS) is 1. The second kappa shape index (κ2) is 5.83. The summed E-state index contributed by atoms with van der Waals surface area (Å²) in [5.41, 5.74) is 1.83. The van der Waals surface area contributed by atoms with Crippen molar-refractivity contribution >= 4 is 23.4 Å². The van der Waals surface area contributed by atoms with Gasteiger partial charge >= 0.3 is 12.0 Å². The number of pyridine rings is 1. The summed E-state index contributed by atoms with van der Waals surface area (Å²) >= 11 is 0. The van der Waals surface area contributed by atoms with E-state index >= 15 is 0 Å². The lowest BCUT2D eigenvalue weighted by Gasteiger charge is -2.09. The molecule has 0 aliphatic carbocycles. The third-order valence-electron chi connectivity index (χ3n) is 2.61. The number of hydrogen-bond donors (Lipinski definition) is 3. The summed E-state index contributed by atoms with van der Waals surface area (Å²) in [6.07, 6.45) is 2.64. The van der Waals surface area contributed by atoms with Crippen molar-refractivity contribution in [2.45, 2.75) is 6.92 Å². The molecule has 0 fully saturated rings. The molecule has 2 aromatic rings. The maximum atomic E-state index is 11.8. The van der Waals surface area contributed by atoms with Crippen molar-refractivity contribution in [2.24, 2.45) is 0 Å². The molecule has 102 valence electrons. The number of carbonyl (C=O) groups is 2. The van der Waals surface area contributed by atoms with Gasteiger partial charge in [0.25, 0.3) is 0 Å². The Labute approximate surface area is 115 Å². The molecule has 2 amide bonds. The van der Waals surface area contributed by atoms with E-state index < -0.39 is 12.0 Å². The van der Waals surface area contributed by atoms with Crippen molar-refractivity contribution in [1.82, 2.24) is 4.98 Å². The van der Waals surface area contributed by atoms with Crippen molar-refractivity contribution in [3.8, 4) is 0 Å². The lowest BCUT2D eigenvalue weighted by atomic mass is 10.2. The second-order valence-corrected chi connectivity index (χ2v) is 4.17. The second-order valence-electron chi connectivity index (χ2n) is 4.17. The van der Waals surface area contributed by atoms with Gasteiger partial charge in [-0.25, -0.2) is 9.59 Å². The fraction of sp³-hybridized carbons (Fsp3) is 0.0714. The van der Waals surface area contributed by atoms with Crippen LogP contribution in [-0.4, -0.2) is 22.1 Å². The molecule has 0 aliphatic rings. The minimum absolute atomic E-state index is 0.0148. The Kier molecular flexibility index (Phi) is 3.95. The van der Waals surface area contributed by atoms with Crippen molar-refractivity contribution in [2.75, 3.05) is 10.6 Å². The Morgan fingerprint density at radius 1 is 1.10 bits per heavy atom. The van der Waals surface area contributed by atoms with Gasteiger partial charge in [-0.1, -0.05) is 17.7 Å². The molecule has 0 saturated heterocycles. The summed E-state index contributed by atoms with van der Waals surface area (Å²) in [7, 11) is 0. The number of hydrogen-bond acceptors (Lipinski definition) is 3. The highest BCUT2D eigenvalue weighted by Crippen LogP contribution is 2.14. The highest BCUT2D eigenvalue weighted by molar-refractivity contribution is 6.04. The normalized spacial score (nSPS) is 9.85. The monoisotopic (exact) mass is 271 g/mol. The van der Waals surface area contributed by atoms with Gasteiger partial charge < -0.3 is 15.7 Å². The Balaban J connectivity index is 2.08. The standard InChI is InChI=1S/C14H13N3O3/c1-9-2-4-10(5-3-9)16-14(20)17-12-8-15-7-6-11(12)13(18)19/h2-8H,1H3,(H,18,19)(H2,16,17,20). The van der Waals surface area contributed by atoms with Gasteiger partial charge in [0, 0.05) is 11.9 Å². The molecule has 0 saturated carbocycles. The average molecular weight is 271 g/mol. The number of rotatable bonds is 3. The molecule has 0 unspecified atom stereocenters. The third kappa shape index (κ3) is 3.32. The van der Waals surface area contributed by atoms with E-state index in [1.54, 1.807) is 12.1 Å². The van der Waals surface area contributed by atoms with Crippen LogP contribution in [0.25, 0.3) is 0 Å². The average Bonchev–Trinajstić information content (AvgIpc) is 2.41. The zero-order valence-corrected chi connectivity index (χ0v) is 10.8. The Morgan fingerprint density at radius 3 is 2.45 bits per heavy atom. The Morgan fingerprint density at radius 2 is 1.80 bits per heavy atom. The molecule has 1 heterocycles. The molecule has 3 N–H and O–H groups in total. The van der Waals surface area contributed by atoms with Crippen LogP contribution >= 0.6 is 0 Å². The third-order valence-corrected chi connectivity index (χ3v) is 2.61. The van der Waals surface area contributed by atoms with Gasteiger partial charge in [-0.2, -0.15) is 0 Å². The van der Waals surface area contributed by atoms with Crippen molar-refractivity contribution in [1.29, 1.82) is 0 Å². The van der Waals surface area contributed by atoms with E-state index in [1.165, 1.54) is 18.5 Å². The number of anilines is 2. The van der Waals surface area contributed by atoms with Gasteiger partial charge in [-0.3, -0.25) is 4.98 Å². The van der Waals surface area contributed by atoms with Gasteiger partial charge in [0.05, 0.1) is 17.4 Å². The molecule has 20 heavy (non-hydrogen) atoms. The highest BCUT2D eigenvalue weighted by atomic mass is 16.4. The fourth-order valence-corrected chi connectivity index (χ4v) is 1.60. The van der Waals surface area contributed by atoms with Gasteiger partial charge in [-0.15, -0.1) is 0 Å². The SMILES string of the molecule is Cc1ccc(NC(=O)Nc2cnccc2C(=O)O)cc1. The van der Waals surface area contributed by atoms with Gasteiger partial charge in [-0.05, 0) is 25.1 Å². The number of carbonyl (C=O) groups excluding carboxylic acids is 1. The molecule has 0 bridgehead atoms. The first-order valence-corrected chi connectivity index (χ1v) is 5.88. The minimum atomic E-state index is -1.13. The molecule has 6 heteroatoms. The molecule has 2 rings (SSSR count). The lowest BCUT2D eigenvalue weighted by molar-refractivity contribution is 0.0698. The summed E-state index contributed by atoms with van der Waals surface area (Å²) < 4.78 is 0. The highest BCUT2D eigenvalue weighted by Gasteiger charge is 2.12. The smallest absolute Gasteiger partial charge is 0.337 e. The molecular weight excluding hydrogens is 258 g/mol. The van der Waals surface area contributed by atoms with E-state index in [2.05, 4.69) is 15.6 Å². The molecule has 1 aromatic carbocycles. The van der Waals surface area contributed by atoms with E-state index in [0.29, 0.717) is 5.69 Å². The molecule has 6 nitrogen and oxygen atoms in total. The van der Waals surface area contributed by atoms with Gasteiger partial charge in [0.15, 0.2) is 0 Å². The summed E-state index contributed by atoms with van der Waals surface area (Å²) in [4.78, 5) is 26.6. The molecule has 0 radical (unpaired) electrons.